The van der Waals surface area contributed by atoms with Crippen LogP contribution in [0.25, 0.3) is 0 Å². The summed E-state index contributed by atoms with van der Waals surface area (Å²) in [5.74, 6) is -0.0691. The van der Waals surface area contributed by atoms with Gasteiger partial charge in [-0.3, -0.25) is 4.79 Å². The van der Waals surface area contributed by atoms with Crippen LogP contribution in [0.3, 0.4) is 0 Å². The lowest BCUT2D eigenvalue weighted by molar-refractivity contribution is -0.137. The first-order chi connectivity index (χ1) is 12.3. The summed E-state index contributed by atoms with van der Waals surface area (Å²) in [5, 5.41) is 2.96. The zero-order valence-electron chi connectivity index (χ0n) is 14.3. The maximum absolute atomic E-state index is 12.8. The van der Waals surface area contributed by atoms with Crippen molar-refractivity contribution < 1.29 is 18.0 Å². The van der Waals surface area contributed by atoms with E-state index in [0.29, 0.717) is 30.8 Å². The zero-order valence-corrected chi connectivity index (χ0v) is 14.3. The van der Waals surface area contributed by atoms with Gasteiger partial charge in [-0.05, 0) is 42.8 Å². The summed E-state index contributed by atoms with van der Waals surface area (Å²) < 4.78 is 38.5. The molecule has 2 aromatic carbocycles. The van der Waals surface area contributed by atoms with E-state index in [1.54, 1.807) is 13.0 Å². The van der Waals surface area contributed by atoms with E-state index in [0.717, 1.165) is 23.4 Å². The Morgan fingerprint density at radius 3 is 2.54 bits per heavy atom. The van der Waals surface area contributed by atoms with E-state index in [1.807, 2.05) is 17.0 Å². The Kier molecular flexibility index (Phi) is 4.80. The van der Waals surface area contributed by atoms with Crippen molar-refractivity contribution in [3.05, 3.63) is 53.6 Å². The molecule has 1 aliphatic heterocycles. The number of halogens is 3. The molecule has 0 spiro atoms. The van der Waals surface area contributed by atoms with Crippen molar-refractivity contribution in [1.82, 2.24) is 5.32 Å². The van der Waals surface area contributed by atoms with E-state index in [-0.39, 0.29) is 11.9 Å². The molecule has 2 aromatic rings. The van der Waals surface area contributed by atoms with Gasteiger partial charge in [0.1, 0.15) is 0 Å². The van der Waals surface area contributed by atoms with E-state index in [2.05, 4.69) is 5.32 Å². The third-order valence-electron chi connectivity index (χ3n) is 4.52. The number of nitrogens with zero attached hydrogens (tertiary/aromatic N) is 1. The minimum Gasteiger partial charge on any atom is -0.398 e. The second kappa shape index (κ2) is 6.90. The molecule has 0 fully saturated rings. The van der Waals surface area contributed by atoms with Crippen molar-refractivity contribution in [2.45, 2.75) is 32.0 Å². The van der Waals surface area contributed by atoms with Crippen molar-refractivity contribution in [2.24, 2.45) is 0 Å². The van der Waals surface area contributed by atoms with Gasteiger partial charge in [-0.2, -0.15) is 13.2 Å². The lowest BCUT2D eigenvalue weighted by Crippen LogP contribution is -2.46. The molecule has 3 N–H and O–H groups in total. The van der Waals surface area contributed by atoms with Crippen molar-refractivity contribution in [2.75, 3.05) is 17.2 Å². The highest BCUT2D eigenvalue weighted by Crippen LogP contribution is 2.37. The number of carbonyl (C=O) groups excluding carboxylic acids is 1. The predicted octanol–water partition coefficient (Wildman–Crippen LogP) is 3.88. The Labute approximate surface area is 149 Å². The molecule has 4 nitrogen and oxygen atoms in total. The van der Waals surface area contributed by atoms with Crippen molar-refractivity contribution in [3.63, 3.8) is 0 Å². The quantitative estimate of drug-likeness (QED) is 0.814. The first kappa shape index (κ1) is 18.1. The molecule has 1 amide bonds. The Hall–Kier alpha value is -2.70. The van der Waals surface area contributed by atoms with Gasteiger partial charge in [-0.25, -0.2) is 0 Å². The molecular formula is C19H20F3N3O. The normalized spacial score (nSPS) is 16.9. The maximum Gasteiger partial charge on any atom is 0.416 e. The van der Waals surface area contributed by atoms with Gasteiger partial charge in [0.25, 0.3) is 0 Å². The minimum atomic E-state index is -4.37. The number of anilines is 3. The van der Waals surface area contributed by atoms with E-state index in [9.17, 15) is 18.0 Å². The average Bonchev–Trinajstić information content (AvgIpc) is 2.61. The van der Waals surface area contributed by atoms with Gasteiger partial charge in [-0.15, -0.1) is 0 Å². The van der Waals surface area contributed by atoms with Gasteiger partial charge in [0, 0.05) is 35.6 Å². The standard InChI is InChI=1S/C19H20F3N3O/c1-2-18(26)24-13-10-15-16(23)4-3-5-17(15)25(11-13)14-8-6-12(7-9-14)19(20,21)22/h3-9,13H,2,10-11,23H2,1H3,(H,24,26)/t13-/m0/s1. The third-order valence-corrected chi connectivity index (χ3v) is 4.52. The zero-order chi connectivity index (χ0) is 18.9. The van der Waals surface area contributed by atoms with Crippen LogP contribution in [0, 0.1) is 0 Å². The summed E-state index contributed by atoms with van der Waals surface area (Å²) in [5.41, 5.74) is 8.38. The van der Waals surface area contributed by atoms with Crippen LogP contribution < -0.4 is 16.0 Å². The molecule has 3 rings (SSSR count). The first-order valence-corrected chi connectivity index (χ1v) is 8.41. The fraction of sp³-hybridized carbons (Fsp3) is 0.316. The lowest BCUT2D eigenvalue weighted by Gasteiger charge is -2.37. The highest BCUT2D eigenvalue weighted by atomic mass is 19.4. The minimum absolute atomic E-state index is 0.0691. The summed E-state index contributed by atoms with van der Waals surface area (Å²) in [6, 6.07) is 10.3. The number of hydrogen-bond donors (Lipinski definition) is 2. The molecule has 0 bridgehead atoms. The van der Waals surface area contributed by atoms with Crippen molar-refractivity contribution >= 4 is 23.0 Å². The molecule has 0 saturated heterocycles. The van der Waals surface area contributed by atoms with Gasteiger partial charge < -0.3 is 16.0 Å². The smallest absolute Gasteiger partial charge is 0.398 e. The molecule has 1 atom stereocenters. The van der Waals surface area contributed by atoms with E-state index in [1.165, 1.54) is 12.1 Å². The summed E-state index contributed by atoms with van der Waals surface area (Å²) in [6.45, 7) is 2.24. The van der Waals surface area contributed by atoms with E-state index in [4.69, 9.17) is 5.73 Å². The van der Waals surface area contributed by atoms with Gasteiger partial charge in [0.05, 0.1) is 11.6 Å². The SMILES string of the molecule is CCC(=O)N[C@H]1Cc2c(N)cccc2N(c2ccc(C(F)(F)F)cc2)C1. The summed E-state index contributed by atoms with van der Waals surface area (Å²) >= 11 is 0. The molecule has 138 valence electrons. The molecular weight excluding hydrogens is 343 g/mol. The molecule has 0 aromatic heterocycles. The first-order valence-electron chi connectivity index (χ1n) is 8.41. The summed E-state index contributed by atoms with van der Waals surface area (Å²) in [7, 11) is 0. The van der Waals surface area contributed by atoms with Gasteiger partial charge in [0.15, 0.2) is 0 Å². The number of rotatable bonds is 3. The summed E-state index contributed by atoms with van der Waals surface area (Å²) in [4.78, 5) is 13.7. The number of hydrogen-bond acceptors (Lipinski definition) is 3. The van der Waals surface area contributed by atoms with Crippen LogP contribution in [-0.2, 0) is 17.4 Å². The van der Waals surface area contributed by atoms with Crippen LogP contribution in [0.15, 0.2) is 42.5 Å². The largest absolute Gasteiger partial charge is 0.416 e. The maximum atomic E-state index is 12.8. The molecule has 0 radical (unpaired) electrons. The topological polar surface area (TPSA) is 58.4 Å². The average molecular weight is 363 g/mol. The summed E-state index contributed by atoms with van der Waals surface area (Å²) in [6.07, 6.45) is -3.42. The molecule has 7 heteroatoms. The number of nitrogen functional groups attached to an aromatic ring is 1. The number of alkyl halides is 3. The molecule has 1 aliphatic rings. The van der Waals surface area contributed by atoms with Crippen molar-refractivity contribution in [1.29, 1.82) is 0 Å². The van der Waals surface area contributed by atoms with Crippen LogP contribution in [-0.4, -0.2) is 18.5 Å². The molecule has 26 heavy (non-hydrogen) atoms. The van der Waals surface area contributed by atoms with Crippen LogP contribution in [0.1, 0.15) is 24.5 Å². The fourth-order valence-electron chi connectivity index (χ4n) is 3.20. The number of amides is 1. The Balaban J connectivity index is 1.97. The Bertz CT molecular complexity index is 803. The third kappa shape index (κ3) is 3.61. The van der Waals surface area contributed by atoms with Crippen molar-refractivity contribution in [3.8, 4) is 0 Å². The second-order valence-corrected chi connectivity index (χ2v) is 6.32. The molecule has 0 saturated carbocycles. The van der Waals surface area contributed by atoms with Gasteiger partial charge in [-0.1, -0.05) is 13.0 Å². The predicted molar refractivity (Wildman–Crippen MR) is 95.2 cm³/mol. The number of nitrogens with two attached hydrogens (primary N) is 1. The second-order valence-electron chi connectivity index (χ2n) is 6.32. The van der Waals surface area contributed by atoms with Gasteiger partial charge >= 0.3 is 6.18 Å². The number of carbonyl (C=O) groups is 1. The Morgan fingerprint density at radius 2 is 1.92 bits per heavy atom. The van der Waals surface area contributed by atoms with Crippen LogP contribution >= 0.6 is 0 Å². The lowest BCUT2D eigenvalue weighted by atomic mass is 9.95. The highest BCUT2D eigenvalue weighted by Gasteiger charge is 2.31. The monoisotopic (exact) mass is 363 g/mol. The van der Waals surface area contributed by atoms with Crippen LogP contribution in [0.4, 0.5) is 30.2 Å². The molecule has 0 unspecified atom stereocenters. The van der Waals surface area contributed by atoms with E-state index < -0.39 is 11.7 Å². The van der Waals surface area contributed by atoms with E-state index >= 15 is 0 Å². The molecule has 0 aliphatic carbocycles. The van der Waals surface area contributed by atoms with Crippen LogP contribution in [0.5, 0.6) is 0 Å². The molecule has 1 heterocycles. The number of benzene rings is 2. The number of fused-ring (bicyclic) bond motifs is 1. The van der Waals surface area contributed by atoms with Crippen LogP contribution in [0.2, 0.25) is 0 Å². The number of nitrogens with one attached hydrogen (secondary N) is 1. The fourth-order valence-corrected chi connectivity index (χ4v) is 3.20. The Morgan fingerprint density at radius 1 is 1.23 bits per heavy atom. The highest BCUT2D eigenvalue weighted by molar-refractivity contribution is 5.78. The van der Waals surface area contributed by atoms with Gasteiger partial charge in [0.2, 0.25) is 5.91 Å².